The van der Waals surface area contributed by atoms with E-state index in [1.165, 1.54) is 18.9 Å². The predicted octanol–water partition coefficient (Wildman–Crippen LogP) is 3.54. The monoisotopic (exact) mass is 390 g/mol. The molecule has 1 aromatic rings. The van der Waals surface area contributed by atoms with Gasteiger partial charge in [-0.1, -0.05) is 32.9 Å². The molecular weight excluding hydrogens is 355 g/mol. The lowest BCUT2D eigenvalue weighted by molar-refractivity contribution is -0.0794. The van der Waals surface area contributed by atoms with Crippen molar-refractivity contribution in [1.82, 2.24) is 4.90 Å². The Morgan fingerprint density at radius 3 is 2.50 bits per heavy atom. The van der Waals surface area contributed by atoms with Crippen molar-refractivity contribution >= 4 is 5.69 Å². The number of hydrogen-bond acceptors (Lipinski definition) is 4. The molecule has 3 aliphatic rings. The zero-order valence-corrected chi connectivity index (χ0v) is 17.5. The minimum Gasteiger partial charge on any atom is -0.389 e. The molecule has 2 bridgehead atoms. The molecular formula is C23H35FN2O2. The molecule has 156 valence electrons. The Morgan fingerprint density at radius 2 is 1.89 bits per heavy atom. The van der Waals surface area contributed by atoms with E-state index in [1.807, 2.05) is 12.1 Å². The van der Waals surface area contributed by atoms with Crippen molar-refractivity contribution in [3.8, 4) is 0 Å². The minimum atomic E-state index is -0.467. The van der Waals surface area contributed by atoms with E-state index < -0.39 is 6.10 Å². The first-order valence-electron chi connectivity index (χ1n) is 10.8. The summed E-state index contributed by atoms with van der Waals surface area (Å²) in [4.78, 5) is 4.35. The zero-order chi connectivity index (χ0) is 19.9. The fraction of sp³-hybridized carbons (Fsp3) is 0.739. The van der Waals surface area contributed by atoms with Gasteiger partial charge in [-0.15, -0.1) is 0 Å². The number of benzene rings is 1. The Hall–Kier alpha value is -1.17. The largest absolute Gasteiger partial charge is 0.389 e. The van der Waals surface area contributed by atoms with Crippen molar-refractivity contribution in [2.24, 2.45) is 16.7 Å². The summed E-state index contributed by atoms with van der Waals surface area (Å²) in [5.74, 6) is 0.595. The number of piperazine rings is 1. The van der Waals surface area contributed by atoms with Gasteiger partial charge in [-0.05, 0) is 48.1 Å². The van der Waals surface area contributed by atoms with Gasteiger partial charge < -0.3 is 14.7 Å². The SMILES string of the molecule is CC1(C)[C@H]2CC[C@@]1(C)[C@H](OC[C@@H](O)CN1CCN(c3ccccc3F)CC1)C2. The quantitative estimate of drug-likeness (QED) is 0.806. The number of fused-ring (bicyclic) bond motifs is 2. The van der Waals surface area contributed by atoms with E-state index >= 15 is 0 Å². The third-order valence-corrected chi connectivity index (χ3v) is 8.24. The van der Waals surface area contributed by atoms with E-state index in [0.29, 0.717) is 24.3 Å². The summed E-state index contributed by atoms with van der Waals surface area (Å²) in [6, 6.07) is 6.96. The molecule has 2 aliphatic carbocycles. The van der Waals surface area contributed by atoms with Gasteiger partial charge in [0.25, 0.3) is 0 Å². The number of hydrogen-bond donors (Lipinski definition) is 1. The van der Waals surface area contributed by atoms with Crippen molar-refractivity contribution < 1.29 is 14.2 Å². The van der Waals surface area contributed by atoms with Gasteiger partial charge in [-0.25, -0.2) is 4.39 Å². The van der Waals surface area contributed by atoms with Crippen molar-refractivity contribution in [3.05, 3.63) is 30.1 Å². The molecule has 4 nitrogen and oxygen atoms in total. The normalized spacial score (nSPS) is 33.4. The molecule has 1 aromatic carbocycles. The van der Waals surface area contributed by atoms with E-state index in [9.17, 15) is 9.50 Å². The molecule has 0 spiro atoms. The van der Waals surface area contributed by atoms with Crippen molar-refractivity contribution in [1.29, 1.82) is 0 Å². The third kappa shape index (κ3) is 3.46. The molecule has 1 N–H and O–H groups in total. The van der Waals surface area contributed by atoms with Crippen LogP contribution in [-0.2, 0) is 4.74 Å². The maximum absolute atomic E-state index is 14.0. The predicted molar refractivity (Wildman–Crippen MR) is 110 cm³/mol. The van der Waals surface area contributed by atoms with Gasteiger partial charge in [0.1, 0.15) is 5.82 Å². The maximum atomic E-state index is 14.0. The first-order valence-corrected chi connectivity index (χ1v) is 10.8. The van der Waals surface area contributed by atoms with Crippen LogP contribution in [0.15, 0.2) is 24.3 Å². The summed E-state index contributed by atoms with van der Waals surface area (Å²) in [6.07, 6.45) is 3.50. The highest BCUT2D eigenvalue weighted by Gasteiger charge is 2.61. The second-order valence-corrected chi connectivity index (χ2v) is 9.83. The van der Waals surface area contributed by atoms with Crippen LogP contribution < -0.4 is 4.90 Å². The molecule has 1 heterocycles. The van der Waals surface area contributed by atoms with Crippen LogP contribution in [0, 0.1) is 22.6 Å². The third-order valence-electron chi connectivity index (χ3n) is 8.24. The number of halogens is 1. The van der Waals surface area contributed by atoms with Crippen LogP contribution in [0.2, 0.25) is 0 Å². The fourth-order valence-electron chi connectivity index (χ4n) is 5.84. The van der Waals surface area contributed by atoms with Gasteiger partial charge >= 0.3 is 0 Å². The Labute approximate surface area is 168 Å². The second-order valence-electron chi connectivity index (χ2n) is 9.83. The molecule has 4 atom stereocenters. The standard InChI is InChI=1S/C23H35FN2O2/c1-22(2)17-8-9-23(22,3)21(14-17)28-16-18(27)15-25-10-12-26(13-11-25)20-7-5-4-6-19(20)24/h4-7,17-18,21,27H,8-16H2,1-3H3/t17-,18-,21+,23-/m0/s1. The van der Waals surface area contributed by atoms with Crippen LogP contribution in [0.5, 0.6) is 0 Å². The van der Waals surface area contributed by atoms with Crippen molar-refractivity contribution in [2.45, 2.75) is 52.2 Å². The van der Waals surface area contributed by atoms with E-state index in [1.54, 1.807) is 6.07 Å². The molecule has 1 saturated heterocycles. The van der Waals surface area contributed by atoms with Gasteiger partial charge in [0.05, 0.1) is 24.5 Å². The van der Waals surface area contributed by atoms with Crippen LogP contribution in [-0.4, -0.2) is 61.5 Å². The lowest BCUT2D eigenvalue weighted by atomic mass is 9.70. The lowest BCUT2D eigenvalue weighted by Gasteiger charge is -2.39. The molecule has 0 aromatic heterocycles. The number of aliphatic hydroxyl groups is 1. The summed E-state index contributed by atoms with van der Waals surface area (Å²) in [6.45, 7) is 11.4. The topological polar surface area (TPSA) is 35.9 Å². The summed E-state index contributed by atoms with van der Waals surface area (Å²) in [7, 11) is 0. The highest BCUT2D eigenvalue weighted by atomic mass is 19.1. The molecule has 0 unspecified atom stereocenters. The van der Waals surface area contributed by atoms with Gasteiger partial charge in [0, 0.05) is 32.7 Å². The number of rotatable bonds is 6. The average Bonchev–Trinajstić information content (AvgIpc) is 3.01. The van der Waals surface area contributed by atoms with Crippen LogP contribution in [0.4, 0.5) is 10.1 Å². The first-order chi connectivity index (χ1) is 13.3. The molecule has 2 saturated carbocycles. The lowest BCUT2D eigenvalue weighted by Crippen LogP contribution is -2.49. The molecule has 5 heteroatoms. The zero-order valence-electron chi connectivity index (χ0n) is 17.5. The van der Waals surface area contributed by atoms with Crippen LogP contribution in [0.1, 0.15) is 40.0 Å². The van der Waals surface area contributed by atoms with Crippen LogP contribution in [0.25, 0.3) is 0 Å². The van der Waals surface area contributed by atoms with Gasteiger partial charge in [0.15, 0.2) is 0 Å². The molecule has 28 heavy (non-hydrogen) atoms. The molecule has 3 fully saturated rings. The Bertz CT molecular complexity index is 689. The fourth-order valence-corrected chi connectivity index (χ4v) is 5.84. The number of para-hydroxylation sites is 1. The Morgan fingerprint density at radius 1 is 1.18 bits per heavy atom. The van der Waals surface area contributed by atoms with Crippen molar-refractivity contribution in [2.75, 3.05) is 44.2 Å². The highest BCUT2D eigenvalue weighted by Crippen LogP contribution is 2.66. The van der Waals surface area contributed by atoms with E-state index in [4.69, 9.17) is 4.74 Å². The second kappa shape index (κ2) is 7.58. The molecule has 4 rings (SSSR count). The summed E-state index contributed by atoms with van der Waals surface area (Å²) in [5.41, 5.74) is 1.26. The van der Waals surface area contributed by atoms with Crippen molar-refractivity contribution in [3.63, 3.8) is 0 Å². The van der Waals surface area contributed by atoms with Gasteiger partial charge in [-0.2, -0.15) is 0 Å². The first kappa shape index (κ1) is 20.1. The Kier molecular flexibility index (Phi) is 5.45. The van der Waals surface area contributed by atoms with Gasteiger partial charge in [0.2, 0.25) is 0 Å². The molecule has 0 radical (unpaired) electrons. The summed E-state index contributed by atoms with van der Waals surface area (Å²) < 4.78 is 20.2. The summed E-state index contributed by atoms with van der Waals surface area (Å²) in [5, 5.41) is 10.5. The van der Waals surface area contributed by atoms with E-state index in [2.05, 4.69) is 30.6 Å². The van der Waals surface area contributed by atoms with Crippen LogP contribution in [0.3, 0.4) is 0 Å². The number of β-amino-alcohol motifs (C(OH)–C–C–N with tert-alkyl or cyclic N) is 1. The number of ether oxygens (including phenoxy) is 1. The molecule has 0 amide bonds. The average molecular weight is 391 g/mol. The van der Waals surface area contributed by atoms with Crippen LogP contribution >= 0.6 is 0 Å². The smallest absolute Gasteiger partial charge is 0.146 e. The number of nitrogens with zero attached hydrogens (tertiary/aromatic N) is 2. The number of anilines is 1. The highest BCUT2D eigenvalue weighted by molar-refractivity contribution is 5.47. The minimum absolute atomic E-state index is 0.160. The number of aliphatic hydroxyl groups excluding tert-OH is 1. The Balaban J connectivity index is 1.23. The molecule has 1 aliphatic heterocycles. The van der Waals surface area contributed by atoms with E-state index in [0.717, 1.165) is 38.5 Å². The van der Waals surface area contributed by atoms with Gasteiger partial charge in [-0.3, -0.25) is 4.90 Å². The van der Waals surface area contributed by atoms with E-state index in [-0.39, 0.29) is 17.3 Å². The maximum Gasteiger partial charge on any atom is 0.146 e. The summed E-state index contributed by atoms with van der Waals surface area (Å²) >= 11 is 0.